The minimum absolute atomic E-state index is 0.0573. The fraction of sp³-hybridized carbons (Fsp3) is 0.389. The van der Waals surface area contributed by atoms with Crippen LogP contribution in [0.1, 0.15) is 11.1 Å². The van der Waals surface area contributed by atoms with Gasteiger partial charge in [-0.05, 0) is 23.8 Å². The fourth-order valence-electron chi connectivity index (χ4n) is 2.97. The molecular weight excluding hydrogens is 318 g/mol. The Balaban J connectivity index is 1.48. The third-order valence-corrected chi connectivity index (χ3v) is 4.28. The Morgan fingerprint density at radius 1 is 1.24 bits per heavy atom. The Kier molecular flexibility index (Phi) is 5.43. The molecule has 2 heterocycles. The molecule has 25 heavy (non-hydrogen) atoms. The summed E-state index contributed by atoms with van der Waals surface area (Å²) in [6.07, 6.45) is 2.93. The molecule has 1 aliphatic heterocycles. The van der Waals surface area contributed by atoms with Gasteiger partial charge in [0, 0.05) is 38.6 Å². The second-order valence-corrected chi connectivity index (χ2v) is 6.24. The van der Waals surface area contributed by atoms with E-state index in [4.69, 9.17) is 5.26 Å². The van der Waals surface area contributed by atoms with Gasteiger partial charge in [-0.15, -0.1) is 0 Å². The maximum absolute atomic E-state index is 12.4. The molecule has 1 aliphatic rings. The van der Waals surface area contributed by atoms with E-state index in [-0.39, 0.29) is 5.91 Å². The molecule has 3 rings (SSSR count). The number of aromatic nitrogens is 2. The molecule has 1 saturated heterocycles. The second-order valence-electron chi connectivity index (χ2n) is 6.24. The number of hydrogen-bond donors (Lipinski definition) is 1. The van der Waals surface area contributed by atoms with Crippen molar-refractivity contribution < 1.29 is 9.90 Å². The summed E-state index contributed by atoms with van der Waals surface area (Å²) in [5, 5.41) is 23.1. The Labute approximate surface area is 146 Å². The molecule has 1 N–H and O–H groups in total. The zero-order valence-corrected chi connectivity index (χ0v) is 14.0. The first-order chi connectivity index (χ1) is 12.1. The smallest absolute Gasteiger partial charge is 0.237 e. The van der Waals surface area contributed by atoms with Crippen molar-refractivity contribution in [2.75, 3.05) is 26.2 Å². The maximum atomic E-state index is 12.4. The van der Waals surface area contributed by atoms with Crippen molar-refractivity contribution in [2.24, 2.45) is 0 Å². The van der Waals surface area contributed by atoms with Crippen LogP contribution in [0.15, 0.2) is 42.7 Å². The van der Waals surface area contributed by atoms with Crippen molar-refractivity contribution in [1.82, 2.24) is 19.6 Å². The van der Waals surface area contributed by atoms with E-state index in [1.807, 2.05) is 34.2 Å². The number of rotatable bonds is 6. The average Bonchev–Trinajstić information content (AvgIpc) is 3.11. The van der Waals surface area contributed by atoms with Gasteiger partial charge in [-0.25, -0.2) is 0 Å². The van der Waals surface area contributed by atoms with Gasteiger partial charge in [0.25, 0.3) is 0 Å². The van der Waals surface area contributed by atoms with E-state index in [0.717, 1.165) is 12.1 Å². The van der Waals surface area contributed by atoms with Gasteiger partial charge in [0.1, 0.15) is 0 Å². The third kappa shape index (κ3) is 4.66. The SMILES string of the molecule is N#Cc1ccc(CN2CCN(CC(O)Cn3cccn3)CC2=O)cc1. The van der Waals surface area contributed by atoms with Crippen LogP contribution in [0, 0.1) is 11.3 Å². The first-order valence-electron chi connectivity index (χ1n) is 8.28. The number of aliphatic hydroxyl groups excluding tert-OH is 1. The molecule has 1 aromatic carbocycles. The Hall–Kier alpha value is -2.69. The Morgan fingerprint density at radius 2 is 2.04 bits per heavy atom. The number of aliphatic hydroxyl groups is 1. The summed E-state index contributed by atoms with van der Waals surface area (Å²) < 4.78 is 1.69. The summed E-state index contributed by atoms with van der Waals surface area (Å²) in [4.78, 5) is 16.2. The van der Waals surface area contributed by atoms with E-state index in [1.54, 1.807) is 23.0 Å². The highest BCUT2D eigenvalue weighted by Gasteiger charge is 2.25. The zero-order chi connectivity index (χ0) is 17.6. The van der Waals surface area contributed by atoms with Crippen molar-refractivity contribution in [3.63, 3.8) is 0 Å². The van der Waals surface area contributed by atoms with Crippen molar-refractivity contribution >= 4 is 5.91 Å². The molecule has 2 aromatic rings. The largest absolute Gasteiger partial charge is 0.390 e. The topological polar surface area (TPSA) is 85.4 Å². The minimum Gasteiger partial charge on any atom is -0.390 e. The number of nitriles is 1. The Morgan fingerprint density at radius 3 is 2.68 bits per heavy atom. The fourth-order valence-corrected chi connectivity index (χ4v) is 2.97. The molecule has 1 fully saturated rings. The molecule has 1 unspecified atom stereocenters. The normalized spacial score (nSPS) is 16.6. The summed E-state index contributed by atoms with van der Waals surface area (Å²) in [7, 11) is 0. The zero-order valence-electron chi connectivity index (χ0n) is 14.0. The highest BCUT2D eigenvalue weighted by molar-refractivity contribution is 5.79. The molecule has 130 valence electrons. The summed E-state index contributed by atoms with van der Waals surface area (Å²) in [6, 6.07) is 11.2. The second kappa shape index (κ2) is 7.92. The molecule has 1 amide bonds. The number of hydrogen-bond acceptors (Lipinski definition) is 5. The first-order valence-corrected chi connectivity index (χ1v) is 8.28. The molecule has 0 radical (unpaired) electrons. The van der Waals surface area contributed by atoms with E-state index in [0.29, 0.717) is 38.3 Å². The van der Waals surface area contributed by atoms with Crippen LogP contribution in [0.2, 0.25) is 0 Å². The van der Waals surface area contributed by atoms with Crippen LogP contribution < -0.4 is 0 Å². The number of benzene rings is 1. The standard InChI is InChI=1S/C18H21N5O2/c19-10-15-2-4-16(5-3-15)11-22-9-8-21(14-18(22)25)12-17(24)13-23-7-1-6-20-23/h1-7,17,24H,8-9,11-14H2. The van der Waals surface area contributed by atoms with E-state index >= 15 is 0 Å². The predicted molar refractivity (Wildman–Crippen MR) is 91.2 cm³/mol. The lowest BCUT2D eigenvalue weighted by molar-refractivity contribution is -0.137. The molecular formula is C18H21N5O2. The molecule has 7 nitrogen and oxygen atoms in total. The highest BCUT2D eigenvalue weighted by Crippen LogP contribution is 2.11. The number of amides is 1. The van der Waals surface area contributed by atoms with Crippen LogP contribution in [0.25, 0.3) is 0 Å². The van der Waals surface area contributed by atoms with Crippen LogP contribution in [-0.4, -0.2) is 62.9 Å². The van der Waals surface area contributed by atoms with Gasteiger partial charge < -0.3 is 10.0 Å². The van der Waals surface area contributed by atoms with E-state index in [2.05, 4.69) is 11.2 Å². The van der Waals surface area contributed by atoms with Crippen LogP contribution in [-0.2, 0) is 17.9 Å². The lowest BCUT2D eigenvalue weighted by Gasteiger charge is -2.35. The summed E-state index contributed by atoms with van der Waals surface area (Å²) in [5.74, 6) is 0.0573. The highest BCUT2D eigenvalue weighted by atomic mass is 16.3. The molecule has 1 atom stereocenters. The van der Waals surface area contributed by atoms with Gasteiger partial charge in [0.15, 0.2) is 0 Å². The van der Waals surface area contributed by atoms with E-state index < -0.39 is 6.10 Å². The van der Waals surface area contributed by atoms with Crippen LogP contribution in [0.3, 0.4) is 0 Å². The van der Waals surface area contributed by atoms with Gasteiger partial charge in [0.2, 0.25) is 5.91 Å². The molecule has 0 saturated carbocycles. The Bertz CT molecular complexity index is 736. The van der Waals surface area contributed by atoms with Crippen molar-refractivity contribution in [1.29, 1.82) is 5.26 Å². The monoisotopic (exact) mass is 339 g/mol. The predicted octanol–water partition coefficient (Wildman–Crippen LogP) is 0.460. The first kappa shape index (κ1) is 17.1. The summed E-state index contributed by atoms with van der Waals surface area (Å²) in [6.45, 7) is 3.11. The van der Waals surface area contributed by atoms with E-state index in [9.17, 15) is 9.90 Å². The van der Waals surface area contributed by atoms with Gasteiger partial charge in [-0.1, -0.05) is 12.1 Å². The van der Waals surface area contributed by atoms with Crippen LogP contribution in [0.4, 0.5) is 0 Å². The third-order valence-electron chi connectivity index (χ3n) is 4.28. The average molecular weight is 339 g/mol. The summed E-state index contributed by atoms with van der Waals surface area (Å²) in [5.41, 5.74) is 1.63. The molecule has 7 heteroatoms. The van der Waals surface area contributed by atoms with Crippen molar-refractivity contribution in [3.05, 3.63) is 53.9 Å². The molecule has 0 aliphatic carbocycles. The quantitative estimate of drug-likeness (QED) is 0.826. The van der Waals surface area contributed by atoms with Crippen molar-refractivity contribution in [3.8, 4) is 6.07 Å². The maximum Gasteiger partial charge on any atom is 0.237 e. The molecule has 0 spiro atoms. The molecule has 0 bridgehead atoms. The van der Waals surface area contributed by atoms with Crippen LogP contribution in [0.5, 0.6) is 0 Å². The summed E-state index contributed by atoms with van der Waals surface area (Å²) >= 11 is 0. The van der Waals surface area contributed by atoms with Gasteiger partial charge in [-0.3, -0.25) is 14.4 Å². The number of nitrogens with zero attached hydrogens (tertiary/aromatic N) is 5. The number of β-amino-alcohol motifs (C(OH)–C–C–N with tert-alkyl or cyclic N) is 1. The number of carbonyl (C=O) groups is 1. The number of carbonyl (C=O) groups excluding carboxylic acids is 1. The van der Waals surface area contributed by atoms with E-state index in [1.165, 1.54) is 0 Å². The van der Waals surface area contributed by atoms with Gasteiger partial charge in [0.05, 0.1) is 30.8 Å². The number of piperazine rings is 1. The van der Waals surface area contributed by atoms with Gasteiger partial charge in [-0.2, -0.15) is 10.4 Å². The molecule has 1 aromatic heterocycles. The van der Waals surface area contributed by atoms with Crippen LogP contribution >= 0.6 is 0 Å². The lowest BCUT2D eigenvalue weighted by Crippen LogP contribution is -2.51. The van der Waals surface area contributed by atoms with Crippen molar-refractivity contribution in [2.45, 2.75) is 19.2 Å². The van der Waals surface area contributed by atoms with Gasteiger partial charge >= 0.3 is 0 Å². The lowest BCUT2D eigenvalue weighted by atomic mass is 10.1. The minimum atomic E-state index is -0.558.